The van der Waals surface area contributed by atoms with Crippen LogP contribution in [0.2, 0.25) is 0 Å². The zero-order chi connectivity index (χ0) is 18.2. The lowest BCUT2D eigenvalue weighted by atomic mass is 10.1. The van der Waals surface area contributed by atoms with Crippen LogP contribution >= 0.6 is 24.0 Å². The second-order valence-corrected chi connectivity index (χ2v) is 6.86. The second kappa shape index (κ2) is 11.6. The molecular weight excluding hydrogens is 445 g/mol. The summed E-state index contributed by atoms with van der Waals surface area (Å²) < 4.78 is 0. The van der Waals surface area contributed by atoms with Gasteiger partial charge in [0.25, 0.3) is 0 Å². The third-order valence-corrected chi connectivity index (χ3v) is 5.20. The Morgan fingerprint density at radius 3 is 2.69 bits per heavy atom. The fourth-order valence-electron chi connectivity index (χ4n) is 3.71. The summed E-state index contributed by atoms with van der Waals surface area (Å²) in [5.41, 5.74) is 0. The molecule has 0 bridgehead atoms. The monoisotopic (exact) mass is 479 g/mol. The van der Waals surface area contributed by atoms with Gasteiger partial charge in [-0.1, -0.05) is 13.8 Å². The lowest BCUT2D eigenvalue weighted by molar-refractivity contribution is -0.130. The maximum Gasteiger partial charge on any atom is 0.222 e. The number of nitrogens with one attached hydrogen (secondary N) is 2. The van der Waals surface area contributed by atoms with E-state index in [1.165, 1.54) is 0 Å². The molecule has 26 heavy (non-hydrogen) atoms. The van der Waals surface area contributed by atoms with Crippen molar-refractivity contribution in [3.63, 3.8) is 0 Å². The van der Waals surface area contributed by atoms with Crippen LogP contribution in [0.25, 0.3) is 0 Å². The van der Waals surface area contributed by atoms with Crippen molar-refractivity contribution < 1.29 is 9.59 Å². The van der Waals surface area contributed by atoms with Crippen LogP contribution in [-0.2, 0) is 9.59 Å². The smallest absolute Gasteiger partial charge is 0.222 e. The van der Waals surface area contributed by atoms with Gasteiger partial charge in [-0.15, -0.1) is 24.0 Å². The minimum absolute atomic E-state index is 0. The van der Waals surface area contributed by atoms with Crippen LogP contribution in [0.15, 0.2) is 4.99 Å². The Morgan fingerprint density at radius 1 is 1.35 bits per heavy atom. The lowest BCUT2D eigenvalue weighted by Gasteiger charge is -2.27. The summed E-state index contributed by atoms with van der Waals surface area (Å²) in [5.74, 6) is 1.28. The molecule has 2 amide bonds. The van der Waals surface area contributed by atoms with E-state index < -0.39 is 0 Å². The van der Waals surface area contributed by atoms with Crippen molar-refractivity contribution in [1.82, 2.24) is 20.4 Å². The van der Waals surface area contributed by atoms with Gasteiger partial charge in [0.15, 0.2) is 5.96 Å². The summed E-state index contributed by atoms with van der Waals surface area (Å²) in [6.45, 7) is 7.28. The SMILES string of the molecule is CCC(=O)N1CCC(NC(=NC)NCCC(CC)N2CCCC2=O)C1.I. The molecule has 0 aromatic heterocycles. The van der Waals surface area contributed by atoms with Crippen molar-refractivity contribution in [2.45, 2.75) is 64.5 Å². The molecule has 2 aliphatic heterocycles. The van der Waals surface area contributed by atoms with Gasteiger partial charge in [0, 0.05) is 58.2 Å². The van der Waals surface area contributed by atoms with E-state index in [0.717, 1.165) is 57.8 Å². The number of carbonyl (C=O) groups is 2. The maximum atomic E-state index is 11.9. The predicted molar refractivity (Wildman–Crippen MR) is 115 cm³/mol. The third-order valence-electron chi connectivity index (χ3n) is 5.20. The van der Waals surface area contributed by atoms with Crippen LogP contribution in [0.5, 0.6) is 0 Å². The molecule has 2 unspecified atom stereocenters. The molecule has 2 atom stereocenters. The van der Waals surface area contributed by atoms with Gasteiger partial charge in [-0.05, 0) is 25.7 Å². The first-order valence-electron chi connectivity index (χ1n) is 9.63. The van der Waals surface area contributed by atoms with Crippen LogP contribution in [-0.4, -0.2) is 72.9 Å². The van der Waals surface area contributed by atoms with E-state index in [0.29, 0.717) is 24.8 Å². The van der Waals surface area contributed by atoms with E-state index in [-0.39, 0.29) is 35.9 Å². The summed E-state index contributed by atoms with van der Waals surface area (Å²) >= 11 is 0. The first kappa shape index (κ1) is 23.0. The average molecular weight is 479 g/mol. The average Bonchev–Trinajstić information content (AvgIpc) is 3.26. The standard InChI is InChI=1S/C18H33N5O2.HI/c1-4-15(23-11-6-7-17(23)25)8-10-20-18(19-3)21-14-9-12-22(13-14)16(24)5-2;/h14-15H,4-13H2,1-3H3,(H2,19,20,21);1H. The van der Waals surface area contributed by atoms with Gasteiger partial charge in [0.2, 0.25) is 11.8 Å². The number of guanidine groups is 1. The predicted octanol–water partition coefficient (Wildman–Crippen LogP) is 1.57. The van der Waals surface area contributed by atoms with Gasteiger partial charge in [0.1, 0.15) is 0 Å². The third kappa shape index (κ3) is 6.28. The molecule has 2 N–H and O–H groups in total. The Bertz CT molecular complexity index is 500. The summed E-state index contributed by atoms with van der Waals surface area (Å²) in [6.07, 6.45) is 5.10. The fourth-order valence-corrected chi connectivity index (χ4v) is 3.71. The molecular formula is C18H34IN5O2. The zero-order valence-corrected chi connectivity index (χ0v) is 18.6. The Morgan fingerprint density at radius 2 is 2.12 bits per heavy atom. The van der Waals surface area contributed by atoms with Crippen LogP contribution in [0, 0.1) is 0 Å². The molecule has 0 saturated carbocycles. The van der Waals surface area contributed by atoms with E-state index in [4.69, 9.17) is 0 Å². The summed E-state index contributed by atoms with van der Waals surface area (Å²) in [7, 11) is 1.76. The first-order chi connectivity index (χ1) is 12.1. The van der Waals surface area contributed by atoms with Gasteiger partial charge >= 0.3 is 0 Å². The van der Waals surface area contributed by atoms with Crippen LogP contribution in [0.4, 0.5) is 0 Å². The highest BCUT2D eigenvalue weighted by Gasteiger charge is 2.27. The number of rotatable bonds is 7. The second-order valence-electron chi connectivity index (χ2n) is 6.86. The molecule has 0 aromatic carbocycles. The van der Waals surface area contributed by atoms with Gasteiger partial charge in [-0.3, -0.25) is 14.6 Å². The van der Waals surface area contributed by atoms with Crippen LogP contribution in [0.3, 0.4) is 0 Å². The van der Waals surface area contributed by atoms with E-state index in [1.54, 1.807) is 7.05 Å². The number of amides is 2. The van der Waals surface area contributed by atoms with Crippen LogP contribution < -0.4 is 10.6 Å². The Balaban J connectivity index is 0.00000338. The largest absolute Gasteiger partial charge is 0.356 e. The van der Waals surface area contributed by atoms with E-state index in [2.05, 4.69) is 22.5 Å². The molecule has 150 valence electrons. The molecule has 0 aromatic rings. The number of halogens is 1. The Hall–Kier alpha value is -1.06. The number of likely N-dealkylation sites (tertiary alicyclic amines) is 2. The van der Waals surface area contributed by atoms with Crippen molar-refractivity contribution in [2.24, 2.45) is 4.99 Å². The highest BCUT2D eigenvalue weighted by molar-refractivity contribution is 14.0. The number of hydrogen-bond acceptors (Lipinski definition) is 3. The molecule has 8 heteroatoms. The quantitative estimate of drug-likeness (QED) is 0.330. The van der Waals surface area contributed by atoms with Gasteiger partial charge in [-0.25, -0.2) is 0 Å². The highest BCUT2D eigenvalue weighted by atomic mass is 127. The summed E-state index contributed by atoms with van der Waals surface area (Å²) in [5, 5.41) is 6.76. The molecule has 2 fully saturated rings. The fraction of sp³-hybridized carbons (Fsp3) is 0.833. The van der Waals surface area contributed by atoms with Crippen molar-refractivity contribution in [1.29, 1.82) is 0 Å². The molecule has 2 saturated heterocycles. The van der Waals surface area contributed by atoms with E-state index in [1.807, 2.05) is 16.7 Å². The molecule has 7 nitrogen and oxygen atoms in total. The molecule has 2 heterocycles. The highest BCUT2D eigenvalue weighted by Crippen LogP contribution is 2.17. The number of nitrogens with zero attached hydrogens (tertiary/aromatic N) is 3. The molecule has 0 radical (unpaired) electrons. The minimum Gasteiger partial charge on any atom is -0.356 e. The van der Waals surface area contributed by atoms with Gasteiger partial charge in [0.05, 0.1) is 0 Å². The molecule has 0 spiro atoms. The topological polar surface area (TPSA) is 77.0 Å². The molecule has 0 aliphatic carbocycles. The summed E-state index contributed by atoms with van der Waals surface area (Å²) in [4.78, 5) is 31.9. The van der Waals surface area contributed by atoms with Crippen molar-refractivity contribution >= 4 is 41.8 Å². The molecule has 2 rings (SSSR count). The number of aliphatic imine (C=N–C) groups is 1. The first-order valence-corrected chi connectivity index (χ1v) is 9.63. The van der Waals surface area contributed by atoms with Crippen molar-refractivity contribution in [3.8, 4) is 0 Å². The minimum atomic E-state index is 0. The van der Waals surface area contributed by atoms with Crippen molar-refractivity contribution in [3.05, 3.63) is 0 Å². The van der Waals surface area contributed by atoms with Crippen molar-refractivity contribution in [2.75, 3.05) is 33.2 Å². The Kier molecular flexibility index (Phi) is 10.3. The number of carbonyl (C=O) groups excluding carboxylic acids is 2. The van der Waals surface area contributed by atoms with E-state index >= 15 is 0 Å². The maximum absolute atomic E-state index is 11.9. The van der Waals surface area contributed by atoms with Gasteiger partial charge in [-0.2, -0.15) is 0 Å². The normalized spacial score (nSPS) is 21.6. The van der Waals surface area contributed by atoms with E-state index in [9.17, 15) is 9.59 Å². The zero-order valence-electron chi connectivity index (χ0n) is 16.3. The molecule has 2 aliphatic rings. The lowest BCUT2D eigenvalue weighted by Crippen LogP contribution is -2.46. The van der Waals surface area contributed by atoms with Crippen LogP contribution in [0.1, 0.15) is 52.4 Å². The number of hydrogen-bond donors (Lipinski definition) is 2. The summed E-state index contributed by atoms with van der Waals surface area (Å²) in [6, 6.07) is 0.564. The Labute approximate surface area is 174 Å². The van der Waals surface area contributed by atoms with Gasteiger partial charge < -0.3 is 20.4 Å².